The lowest BCUT2D eigenvalue weighted by Crippen LogP contribution is -2.43. The quantitative estimate of drug-likeness (QED) is 0.413. The van der Waals surface area contributed by atoms with Crippen LogP contribution in [0.15, 0.2) is 48.5 Å². The Morgan fingerprint density at radius 1 is 0.971 bits per heavy atom. The summed E-state index contributed by atoms with van der Waals surface area (Å²) in [5.41, 5.74) is 3.79. The summed E-state index contributed by atoms with van der Waals surface area (Å²) in [5.74, 6) is 0.269. The molecule has 0 aliphatic carbocycles. The Balaban J connectivity index is 2.43. The molecule has 0 saturated carbocycles. The summed E-state index contributed by atoms with van der Waals surface area (Å²) >= 11 is 0. The molecular formula is C30H45N3O2. The number of nitrogens with one attached hydrogen (secondary N) is 1. The smallest absolute Gasteiger partial charge is 0.230 e. The molecule has 2 aromatic carbocycles. The van der Waals surface area contributed by atoms with E-state index in [2.05, 4.69) is 58.7 Å². The number of benzene rings is 2. The fraction of sp³-hybridized carbons (Fsp3) is 0.533. The van der Waals surface area contributed by atoms with E-state index in [0.29, 0.717) is 18.9 Å². The first-order chi connectivity index (χ1) is 16.3. The van der Waals surface area contributed by atoms with Crippen LogP contribution in [-0.4, -0.2) is 36.9 Å². The van der Waals surface area contributed by atoms with Crippen LogP contribution in [0.5, 0.6) is 0 Å². The molecule has 0 heterocycles. The van der Waals surface area contributed by atoms with E-state index >= 15 is 0 Å². The molecule has 0 aliphatic heterocycles. The van der Waals surface area contributed by atoms with Gasteiger partial charge in [0.05, 0.1) is 5.92 Å². The van der Waals surface area contributed by atoms with Gasteiger partial charge in [-0.1, -0.05) is 71.9 Å². The number of hydrogen-bond donors (Lipinski definition) is 1. The van der Waals surface area contributed by atoms with Gasteiger partial charge in [-0.15, -0.1) is 0 Å². The minimum Gasteiger partial charge on any atom is -0.377 e. The van der Waals surface area contributed by atoms with Crippen LogP contribution in [0.3, 0.4) is 0 Å². The molecule has 0 spiro atoms. The van der Waals surface area contributed by atoms with Crippen LogP contribution in [0.4, 0.5) is 11.4 Å². The minimum absolute atomic E-state index is 0.000316. The van der Waals surface area contributed by atoms with Gasteiger partial charge in [-0.25, -0.2) is 0 Å². The Hall–Kier alpha value is -2.82. The molecule has 0 aliphatic rings. The zero-order valence-corrected chi connectivity index (χ0v) is 23.2. The molecule has 2 amide bonds. The second-order valence-corrected chi connectivity index (χ2v) is 11.3. The molecule has 5 heteroatoms. The number of anilines is 2. The predicted molar refractivity (Wildman–Crippen MR) is 148 cm³/mol. The summed E-state index contributed by atoms with van der Waals surface area (Å²) in [5, 5.41) is 3.06. The van der Waals surface area contributed by atoms with E-state index < -0.39 is 0 Å². The third-order valence-corrected chi connectivity index (χ3v) is 6.52. The highest BCUT2D eigenvalue weighted by Gasteiger charge is 2.30. The van der Waals surface area contributed by atoms with Crippen LogP contribution in [0, 0.1) is 11.3 Å². The van der Waals surface area contributed by atoms with Crippen molar-refractivity contribution in [2.75, 3.05) is 24.3 Å². The monoisotopic (exact) mass is 479 g/mol. The van der Waals surface area contributed by atoms with Crippen LogP contribution in [0.2, 0.25) is 0 Å². The summed E-state index contributed by atoms with van der Waals surface area (Å²) in [6.07, 6.45) is 1.19. The lowest BCUT2D eigenvalue weighted by molar-refractivity contribution is -0.136. The van der Waals surface area contributed by atoms with Crippen molar-refractivity contribution in [3.8, 4) is 0 Å². The maximum atomic E-state index is 14.0. The van der Waals surface area contributed by atoms with E-state index in [-0.39, 0.29) is 29.2 Å². The van der Waals surface area contributed by atoms with Crippen LogP contribution in [-0.2, 0) is 16.1 Å². The zero-order chi connectivity index (χ0) is 26.3. The van der Waals surface area contributed by atoms with Crippen molar-refractivity contribution in [3.05, 3.63) is 59.7 Å². The number of carbonyl (C=O) groups excluding carboxylic acids is 2. The van der Waals surface area contributed by atoms with E-state index in [9.17, 15) is 9.59 Å². The van der Waals surface area contributed by atoms with Gasteiger partial charge in [0.15, 0.2) is 0 Å². The van der Waals surface area contributed by atoms with Gasteiger partial charge in [0.2, 0.25) is 11.8 Å². The first kappa shape index (κ1) is 28.4. The summed E-state index contributed by atoms with van der Waals surface area (Å²) in [6.45, 7) is 15.2. The first-order valence-corrected chi connectivity index (χ1v) is 12.8. The van der Waals surface area contributed by atoms with Crippen molar-refractivity contribution in [2.24, 2.45) is 11.3 Å². The van der Waals surface area contributed by atoms with E-state index in [4.69, 9.17) is 0 Å². The summed E-state index contributed by atoms with van der Waals surface area (Å²) in [6, 6.07) is 16.1. The molecular weight excluding hydrogens is 434 g/mol. The fourth-order valence-corrected chi connectivity index (χ4v) is 4.32. The SMILES string of the molecule is CCC(C(=O)N(Cc1cc(NC(=O)CC(C)(C)C)ccc1N(C)C)C(C)C(C)C)c1ccccc1. The van der Waals surface area contributed by atoms with Gasteiger partial charge in [0.25, 0.3) is 0 Å². The van der Waals surface area contributed by atoms with Crippen LogP contribution in [0.25, 0.3) is 0 Å². The van der Waals surface area contributed by atoms with E-state index in [1.54, 1.807) is 0 Å². The fourth-order valence-electron chi connectivity index (χ4n) is 4.32. The maximum Gasteiger partial charge on any atom is 0.230 e. The normalized spacial score (nSPS) is 13.3. The lowest BCUT2D eigenvalue weighted by atomic mass is 9.92. The van der Waals surface area contributed by atoms with Crippen molar-refractivity contribution in [3.63, 3.8) is 0 Å². The number of nitrogens with zero attached hydrogens (tertiary/aromatic N) is 2. The Bertz CT molecular complexity index is 977. The Labute approximate surface area is 212 Å². The van der Waals surface area contributed by atoms with E-state index in [1.165, 1.54) is 0 Å². The van der Waals surface area contributed by atoms with Crippen LogP contribution < -0.4 is 10.2 Å². The zero-order valence-electron chi connectivity index (χ0n) is 23.2. The number of rotatable bonds is 10. The van der Waals surface area contributed by atoms with E-state index in [1.807, 2.05) is 67.5 Å². The molecule has 2 atom stereocenters. The summed E-state index contributed by atoms with van der Waals surface area (Å²) in [4.78, 5) is 30.6. The van der Waals surface area contributed by atoms with Gasteiger partial charge < -0.3 is 15.1 Å². The molecule has 2 rings (SSSR count). The highest BCUT2D eigenvalue weighted by Crippen LogP contribution is 2.30. The van der Waals surface area contributed by atoms with Crippen LogP contribution >= 0.6 is 0 Å². The maximum absolute atomic E-state index is 14.0. The van der Waals surface area contributed by atoms with Gasteiger partial charge in [-0.3, -0.25) is 9.59 Å². The van der Waals surface area contributed by atoms with Gasteiger partial charge in [-0.05, 0) is 54.0 Å². The third-order valence-electron chi connectivity index (χ3n) is 6.52. The number of amides is 2. The molecule has 0 fully saturated rings. The molecule has 1 N–H and O–H groups in total. The van der Waals surface area contributed by atoms with Crippen molar-refractivity contribution in [1.82, 2.24) is 4.90 Å². The second kappa shape index (κ2) is 12.2. The molecule has 0 aromatic heterocycles. The van der Waals surface area contributed by atoms with Gasteiger partial charge >= 0.3 is 0 Å². The highest BCUT2D eigenvalue weighted by atomic mass is 16.2. The predicted octanol–water partition coefficient (Wildman–Crippen LogP) is 6.69. The largest absolute Gasteiger partial charge is 0.377 e. The second-order valence-electron chi connectivity index (χ2n) is 11.3. The minimum atomic E-state index is -0.185. The topological polar surface area (TPSA) is 52.7 Å². The molecule has 0 saturated heterocycles. The van der Waals surface area contributed by atoms with Crippen molar-refractivity contribution >= 4 is 23.2 Å². The number of hydrogen-bond acceptors (Lipinski definition) is 3. The van der Waals surface area contributed by atoms with Gasteiger partial charge in [-0.2, -0.15) is 0 Å². The highest BCUT2D eigenvalue weighted by molar-refractivity contribution is 5.91. The molecule has 0 bridgehead atoms. The Morgan fingerprint density at radius 3 is 2.11 bits per heavy atom. The number of carbonyl (C=O) groups is 2. The summed E-state index contributed by atoms with van der Waals surface area (Å²) in [7, 11) is 4.01. The molecule has 35 heavy (non-hydrogen) atoms. The average Bonchev–Trinajstić information content (AvgIpc) is 2.76. The molecule has 192 valence electrons. The standard InChI is InChI=1S/C30H45N3O2/c1-10-26(23-14-12-11-13-15-23)29(35)33(22(4)21(2)3)20-24-18-25(16-17-27(24)32(8)9)31-28(34)19-30(5,6)7/h11-18,21-22,26H,10,19-20H2,1-9H3,(H,31,34). The molecule has 0 radical (unpaired) electrons. The van der Waals surface area contributed by atoms with Gasteiger partial charge in [0, 0.05) is 44.5 Å². The molecule has 2 unspecified atom stereocenters. The van der Waals surface area contributed by atoms with Crippen molar-refractivity contribution in [2.45, 2.75) is 79.8 Å². The first-order valence-electron chi connectivity index (χ1n) is 12.8. The van der Waals surface area contributed by atoms with Crippen molar-refractivity contribution in [1.29, 1.82) is 0 Å². The van der Waals surface area contributed by atoms with E-state index in [0.717, 1.165) is 28.9 Å². The molecule has 5 nitrogen and oxygen atoms in total. The summed E-state index contributed by atoms with van der Waals surface area (Å²) < 4.78 is 0. The lowest BCUT2D eigenvalue weighted by Gasteiger charge is -2.36. The van der Waals surface area contributed by atoms with Crippen molar-refractivity contribution < 1.29 is 9.59 Å². The third kappa shape index (κ3) is 8.12. The van der Waals surface area contributed by atoms with Gasteiger partial charge in [0.1, 0.15) is 0 Å². The Kier molecular flexibility index (Phi) is 9.93. The van der Waals surface area contributed by atoms with Crippen LogP contribution in [0.1, 0.15) is 78.4 Å². The Morgan fingerprint density at radius 2 is 1.60 bits per heavy atom. The molecule has 2 aromatic rings. The average molecular weight is 480 g/mol.